The van der Waals surface area contributed by atoms with Gasteiger partial charge in [0.15, 0.2) is 0 Å². The third-order valence-electron chi connectivity index (χ3n) is 3.77. The Kier molecular flexibility index (Phi) is 4.31. The minimum absolute atomic E-state index is 0.0372. The molecule has 0 aliphatic carbocycles. The molecule has 1 aromatic rings. The van der Waals surface area contributed by atoms with Crippen LogP contribution in [0.15, 0.2) is 6.20 Å². The average Bonchev–Trinajstić information content (AvgIpc) is 2.82. The van der Waals surface area contributed by atoms with Gasteiger partial charge in [-0.2, -0.15) is 0 Å². The zero-order chi connectivity index (χ0) is 14.0. The van der Waals surface area contributed by atoms with Gasteiger partial charge in [0.2, 0.25) is 0 Å². The minimum Gasteiger partial charge on any atom is -0.370 e. The molecule has 1 fully saturated rings. The highest BCUT2D eigenvalue weighted by Gasteiger charge is 2.32. The highest BCUT2D eigenvalue weighted by molar-refractivity contribution is 5.05. The Morgan fingerprint density at radius 3 is 2.84 bits per heavy atom. The number of aromatic nitrogens is 2. The van der Waals surface area contributed by atoms with Crippen LogP contribution in [0.25, 0.3) is 0 Å². The van der Waals surface area contributed by atoms with E-state index in [-0.39, 0.29) is 5.60 Å². The molecule has 2 rings (SSSR count). The summed E-state index contributed by atoms with van der Waals surface area (Å²) < 4.78 is 8.38. The van der Waals surface area contributed by atoms with Crippen LogP contribution >= 0.6 is 0 Å². The van der Waals surface area contributed by atoms with Gasteiger partial charge in [0, 0.05) is 18.8 Å². The lowest BCUT2D eigenvalue weighted by atomic mass is 10.1. The molecular formula is C15H27N3O. The Morgan fingerprint density at radius 2 is 2.26 bits per heavy atom. The van der Waals surface area contributed by atoms with E-state index in [2.05, 4.69) is 49.5 Å². The summed E-state index contributed by atoms with van der Waals surface area (Å²) in [5.41, 5.74) is 1.29. The lowest BCUT2D eigenvalue weighted by Crippen LogP contribution is -2.27. The molecule has 1 unspecified atom stereocenters. The summed E-state index contributed by atoms with van der Waals surface area (Å²) in [5, 5.41) is 3.46. The van der Waals surface area contributed by atoms with Crippen LogP contribution in [0, 0.1) is 6.92 Å². The molecule has 0 bridgehead atoms. The van der Waals surface area contributed by atoms with Gasteiger partial charge in [-0.05, 0) is 33.6 Å². The molecular weight excluding hydrogens is 238 g/mol. The van der Waals surface area contributed by atoms with Crippen LogP contribution in [-0.2, 0) is 17.8 Å². The van der Waals surface area contributed by atoms with Crippen molar-refractivity contribution in [2.45, 2.75) is 78.3 Å². The van der Waals surface area contributed by atoms with Crippen LogP contribution in [0.3, 0.4) is 0 Å². The standard InChI is InChI=1S/C15H27N3O/c1-11(2)16-8-13-9-17-12(3)18(13)10-14-6-7-15(4,5)19-14/h9,11,14,16H,6-8,10H2,1-5H3. The second kappa shape index (κ2) is 5.63. The number of hydrogen-bond donors (Lipinski definition) is 1. The summed E-state index contributed by atoms with van der Waals surface area (Å²) in [7, 11) is 0. The van der Waals surface area contributed by atoms with Crippen LogP contribution in [0.1, 0.15) is 52.1 Å². The lowest BCUT2D eigenvalue weighted by molar-refractivity contribution is -0.0222. The van der Waals surface area contributed by atoms with Crippen molar-refractivity contribution in [1.29, 1.82) is 0 Å². The first kappa shape index (κ1) is 14.5. The fraction of sp³-hybridized carbons (Fsp3) is 0.800. The Bertz CT molecular complexity index is 423. The van der Waals surface area contributed by atoms with Gasteiger partial charge in [-0.15, -0.1) is 0 Å². The van der Waals surface area contributed by atoms with Crippen LogP contribution in [0.4, 0.5) is 0 Å². The fourth-order valence-corrected chi connectivity index (χ4v) is 2.62. The maximum atomic E-state index is 6.09. The lowest BCUT2D eigenvalue weighted by Gasteiger charge is -2.21. The zero-order valence-electron chi connectivity index (χ0n) is 12.9. The average molecular weight is 265 g/mol. The molecule has 2 heterocycles. The molecule has 1 atom stereocenters. The van der Waals surface area contributed by atoms with Crippen molar-refractivity contribution in [2.24, 2.45) is 0 Å². The van der Waals surface area contributed by atoms with E-state index in [1.807, 2.05) is 6.20 Å². The van der Waals surface area contributed by atoms with Crippen LogP contribution < -0.4 is 5.32 Å². The molecule has 19 heavy (non-hydrogen) atoms. The smallest absolute Gasteiger partial charge is 0.105 e. The maximum absolute atomic E-state index is 6.09. The van der Waals surface area contributed by atoms with E-state index >= 15 is 0 Å². The van der Waals surface area contributed by atoms with E-state index in [1.165, 1.54) is 5.69 Å². The molecule has 1 aliphatic rings. The van der Waals surface area contributed by atoms with E-state index in [0.29, 0.717) is 12.1 Å². The quantitative estimate of drug-likeness (QED) is 0.889. The second-order valence-electron chi connectivity index (χ2n) is 6.48. The molecule has 0 radical (unpaired) electrons. The van der Waals surface area contributed by atoms with Crippen molar-refractivity contribution in [2.75, 3.05) is 0 Å². The van der Waals surface area contributed by atoms with E-state index in [1.54, 1.807) is 0 Å². The highest BCUT2D eigenvalue weighted by Crippen LogP contribution is 2.30. The van der Waals surface area contributed by atoms with Crippen LogP contribution in [0.5, 0.6) is 0 Å². The fourth-order valence-electron chi connectivity index (χ4n) is 2.62. The molecule has 1 N–H and O–H groups in total. The number of imidazole rings is 1. The molecule has 1 saturated heterocycles. The first-order chi connectivity index (χ1) is 8.87. The van der Waals surface area contributed by atoms with E-state index in [0.717, 1.165) is 31.8 Å². The normalized spacial score (nSPS) is 22.3. The number of aryl methyl sites for hydroxylation is 1. The van der Waals surface area contributed by atoms with Gasteiger partial charge in [0.05, 0.1) is 23.9 Å². The van der Waals surface area contributed by atoms with E-state index in [4.69, 9.17) is 4.74 Å². The first-order valence-corrected chi connectivity index (χ1v) is 7.29. The third kappa shape index (κ3) is 3.80. The zero-order valence-corrected chi connectivity index (χ0v) is 12.9. The van der Waals surface area contributed by atoms with Crippen molar-refractivity contribution in [3.8, 4) is 0 Å². The molecule has 0 spiro atoms. The van der Waals surface area contributed by atoms with Crippen LogP contribution in [0.2, 0.25) is 0 Å². The SMILES string of the molecule is Cc1ncc(CNC(C)C)n1CC1CCC(C)(C)O1. The Balaban J connectivity index is 2.01. The molecule has 4 nitrogen and oxygen atoms in total. The Labute approximate surface area is 116 Å². The summed E-state index contributed by atoms with van der Waals surface area (Å²) >= 11 is 0. The number of hydrogen-bond acceptors (Lipinski definition) is 3. The molecule has 1 aromatic heterocycles. The number of ether oxygens (including phenoxy) is 1. The summed E-state index contributed by atoms with van der Waals surface area (Å²) in [5.74, 6) is 1.08. The predicted octanol–water partition coefficient (Wildman–Crippen LogP) is 2.65. The van der Waals surface area contributed by atoms with E-state index < -0.39 is 0 Å². The minimum atomic E-state index is 0.0372. The molecule has 1 aliphatic heterocycles. The molecule has 0 saturated carbocycles. The molecule has 0 aromatic carbocycles. The van der Waals surface area contributed by atoms with Crippen LogP contribution in [-0.4, -0.2) is 27.3 Å². The maximum Gasteiger partial charge on any atom is 0.105 e. The van der Waals surface area contributed by atoms with Gasteiger partial charge in [0.1, 0.15) is 5.82 Å². The number of nitrogens with zero attached hydrogens (tertiary/aromatic N) is 2. The highest BCUT2D eigenvalue weighted by atomic mass is 16.5. The van der Waals surface area contributed by atoms with Crippen molar-refractivity contribution < 1.29 is 4.74 Å². The van der Waals surface area contributed by atoms with Crippen molar-refractivity contribution >= 4 is 0 Å². The monoisotopic (exact) mass is 265 g/mol. The predicted molar refractivity (Wildman–Crippen MR) is 77.1 cm³/mol. The van der Waals surface area contributed by atoms with Gasteiger partial charge >= 0.3 is 0 Å². The van der Waals surface area contributed by atoms with E-state index in [9.17, 15) is 0 Å². The summed E-state index contributed by atoms with van der Waals surface area (Å²) in [6.07, 6.45) is 4.58. The Hall–Kier alpha value is -0.870. The number of rotatable bonds is 5. The topological polar surface area (TPSA) is 39.1 Å². The van der Waals surface area contributed by atoms with Gasteiger partial charge < -0.3 is 14.6 Å². The summed E-state index contributed by atoms with van der Waals surface area (Å²) in [6, 6.07) is 0.491. The van der Waals surface area contributed by atoms with Crippen molar-refractivity contribution in [3.63, 3.8) is 0 Å². The molecule has 4 heteroatoms. The van der Waals surface area contributed by atoms with Crippen molar-refractivity contribution in [3.05, 3.63) is 17.7 Å². The van der Waals surface area contributed by atoms with Crippen molar-refractivity contribution in [1.82, 2.24) is 14.9 Å². The largest absolute Gasteiger partial charge is 0.370 e. The van der Waals surface area contributed by atoms with Gasteiger partial charge in [-0.25, -0.2) is 4.98 Å². The third-order valence-corrected chi connectivity index (χ3v) is 3.77. The second-order valence-corrected chi connectivity index (χ2v) is 6.48. The molecule has 108 valence electrons. The van der Waals surface area contributed by atoms with Gasteiger partial charge in [0.25, 0.3) is 0 Å². The summed E-state index contributed by atoms with van der Waals surface area (Å²) in [4.78, 5) is 4.44. The number of nitrogens with one attached hydrogen (secondary N) is 1. The molecule has 0 amide bonds. The Morgan fingerprint density at radius 1 is 1.53 bits per heavy atom. The first-order valence-electron chi connectivity index (χ1n) is 7.29. The van der Waals surface area contributed by atoms with Gasteiger partial charge in [-0.3, -0.25) is 0 Å². The summed E-state index contributed by atoms with van der Waals surface area (Å²) in [6.45, 7) is 12.5. The van der Waals surface area contributed by atoms with Gasteiger partial charge in [-0.1, -0.05) is 13.8 Å².